The first kappa shape index (κ1) is 14.3. The van der Waals surface area contributed by atoms with E-state index in [2.05, 4.69) is 15.9 Å². The van der Waals surface area contributed by atoms with Crippen LogP contribution in [0.4, 0.5) is 0 Å². The van der Waals surface area contributed by atoms with Gasteiger partial charge in [0, 0.05) is 4.47 Å². The maximum Gasteiger partial charge on any atom is 0.161 e. The molecule has 0 radical (unpaired) electrons. The Morgan fingerprint density at radius 3 is 2.29 bits per heavy atom. The molecule has 0 saturated carbocycles. The molecule has 0 amide bonds. The fraction of sp³-hybridized carbons (Fsp3) is 0.538. The van der Waals surface area contributed by atoms with Gasteiger partial charge in [-0.1, -0.05) is 22.4 Å². The molecule has 1 rings (SSSR count). The van der Waals surface area contributed by atoms with Crippen LogP contribution in [0.5, 0.6) is 11.5 Å². The molecule has 0 aliphatic heterocycles. The number of aryl methyl sites for hydroxylation is 1. The summed E-state index contributed by atoms with van der Waals surface area (Å²) in [4.78, 5) is 0. The molecule has 0 bridgehead atoms. The van der Waals surface area contributed by atoms with E-state index in [4.69, 9.17) is 15.2 Å². The van der Waals surface area contributed by atoms with Crippen molar-refractivity contribution in [2.45, 2.75) is 25.7 Å². The molecule has 0 aliphatic carbocycles. The van der Waals surface area contributed by atoms with Crippen LogP contribution in [0.25, 0.3) is 0 Å². The molecule has 1 aromatic rings. The van der Waals surface area contributed by atoms with Crippen LogP contribution in [0, 0.1) is 0 Å². The third kappa shape index (κ3) is 4.21. The van der Waals surface area contributed by atoms with Crippen molar-refractivity contribution >= 4 is 15.9 Å². The van der Waals surface area contributed by atoms with Gasteiger partial charge in [-0.2, -0.15) is 0 Å². The van der Waals surface area contributed by atoms with Gasteiger partial charge in [-0.15, -0.1) is 0 Å². The Bertz CT molecular complexity index is 356. The number of nitrogens with two attached hydrogens (primary N) is 1. The molecule has 4 heteroatoms. The van der Waals surface area contributed by atoms with Crippen molar-refractivity contribution in [1.82, 2.24) is 0 Å². The lowest BCUT2D eigenvalue weighted by molar-refractivity contribution is 0.354. The van der Waals surface area contributed by atoms with Crippen molar-refractivity contribution in [2.24, 2.45) is 5.73 Å². The zero-order chi connectivity index (χ0) is 12.7. The Morgan fingerprint density at radius 1 is 1.06 bits per heavy atom. The van der Waals surface area contributed by atoms with Gasteiger partial charge in [0.25, 0.3) is 0 Å². The molecule has 2 N–H and O–H groups in total. The van der Waals surface area contributed by atoms with Crippen LogP contribution in [-0.4, -0.2) is 20.8 Å². The third-order valence-corrected chi connectivity index (χ3v) is 3.44. The lowest BCUT2D eigenvalue weighted by Gasteiger charge is -2.11. The minimum absolute atomic E-state index is 0.755. The molecule has 0 spiro atoms. The number of hydrogen-bond acceptors (Lipinski definition) is 3. The Balaban J connectivity index is 2.71. The second-order valence-corrected chi connectivity index (χ2v) is 4.75. The van der Waals surface area contributed by atoms with Crippen molar-refractivity contribution < 1.29 is 9.47 Å². The normalized spacial score (nSPS) is 10.4. The number of methoxy groups -OCH3 is 2. The van der Waals surface area contributed by atoms with E-state index in [1.54, 1.807) is 14.2 Å². The van der Waals surface area contributed by atoms with E-state index >= 15 is 0 Å². The van der Waals surface area contributed by atoms with Crippen LogP contribution in [0.3, 0.4) is 0 Å². The lowest BCUT2D eigenvalue weighted by Crippen LogP contribution is -1.99. The fourth-order valence-electron chi connectivity index (χ4n) is 1.72. The highest BCUT2D eigenvalue weighted by Gasteiger charge is 2.09. The van der Waals surface area contributed by atoms with Crippen LogP contribution in [0.1, 0.15) is 24.8 Å². The van der Waals surface area contributed by atoms with Crippen LogP contribution in [0.2, 0.25) is 0 Å². The number of halogens is 1. The van der Waals surface area contributed by atoms with Gasteiger partial charge >= 0.3 is 0 Å². The van der Waals surface area contributed by atoms with Gasteiger partial charge in [0.1, 0.15) is 0 Å². The monoisotopic (exact) mass is 301 g/mol. The van der Waals surface area contributed by atoms with E-state index in [0.717, 1.165) is 48.2 Å². The Hall–Kier alpha value is -0.740. The molecule has 17 heavy (non-hydrogen) atoms. The first-order valence-electron chi connectivity index (χ1n) is 5.83. The maximum atomic E-state index is 5.48. The first-order chi connectivity index (χ1) is 8.22. The molecule has 0 fully saturated rings. The Labute approximate surface area is 111 Å². The third-order valence-electron chi connectivity index (χ3n) is 2.70. The predicted octanol–water partition coefficient (Wildman–Crippen LogP) is 3.14. The Kier molecular flexibility index (Phi) is 6.37. The molecule has 0 saturated heterocycles. The standard InChI is InChI=1S/C13H20BrNO2/c1-16-12-8-10(6-4-3-5-7-15)11(14)9-13(12)17-2/h8-9H,3-7,15H2,1-2H3. The summed E-state index contributed by atoms with van der Waals surface area (Å²) in [6.45, 7) is 0.771. The smallest absolute Gasteiger partial charge is 0.161 e. The summed E-state index contributed by atoms with van der Waals surface area (Å²) in [7, 11) is 3.30. The number of benzene rings is 1. The average molecular weight is 302 g/mol. The number of unbranched alkanes of at least 4 members (excludes halogenated alkanes) is 2. The maximum absolute atomic E-state index is 5.48. The summed E-state index contributed by atoms with van der Waals surface area (Å²) in [6, 6.07) is 3.99. The van der Waals surface area contributed by atoms with Gasteiger partial charge < -0.3 is 15.2 Å². The second kappa shape index (κ2) is 7.56. The summed E-state index contributed by atoms with van der Waals surface area (Å²) in [5, 5.41) is 0. The van der Waals surface area contributed by atoms with Gasteiger partial charge in [0.2, 0.25) is 0 Å². The molecule has 0 heterocycles. The summed E-state index contributed by atoms with van der Waals surface area (Å²) < 4.78 is 11.6. The molecule has 0 aromatic heterocycles. The molecule has 0 aliphatic rings. The van der Waals surface area contributed by atoms with Crippen molar-refractivity contribution in [3.05, 3.63) is 22.2 Å². The van der Waals surface area contributed by atoms with E-state index < -0.39 is 0 Å². The first-order valence-corrected chi connectivity index (χ1v) is 6.62. The zero-order valence-corrected chi connectivity index (χ0v) is 12.0. The van der Waals surface area contributed by atoms with E-state index in [0.29, 0.717) is 0 Å². The highest BCUT2D eigenvalue weighted by atomic mass is 79.9. The van der Waals surface area contributed by atoms with E-state index in [1.807, 2.05) is 12.1 Å². The zero-order valence-electron chi connectivity index (χ0n) is 10.5. The van der Waals surface area contributed by atoms with Gasteiger partial charge in [0.15, 0.2) is 11.5 Å². The molecular formula is C13H20BrNO2. The number of hydrogen-bond donors (Lipinski definition) is 1. The second-order valence-electron chi connectivity index (χ2n) is 3.90. The molecular weight excluding hydrogens is 282 g/mol. The molecule has 0 unspecified atom stereocenters. The van der Waals surface area contributed by atoms with Crippen LogP contribution < -0.4 is 15.2 Å². The minimum atomic E-state index is 0.755. The summed E-state index contributed by atoms with van der Waals surface area (Å²) in [5.74, 6) is 1.54. The van der Waals surface area contributed by atoms with Gasteiger partial charge in [-0.25, -0.2) is 0 Å². The average Bonchev–Trinajstić information content (AvgIpc) is 2.35. The van der Waals surface area contributed by atoms with Crippen LogP contribution >= 0.6 is 15.9 Å². The van der Waals surface area contributed by atoms with Crippen molar-refractivity contribution in [3.8, 4) is 11.5 Å². The van der Waals surface area contributed by atoms with Gasteiger partial charge in [-0.05, 0) is 43.5 Å². The van der Waals surface area contributed by atoms with Crippen molar-refractivity contribution in [3.63, 3.8) is 0 Å². The van der Waals surface area contributed by atoms with Crippen molar-refractivity contribution in [2.75, 3.05) is 20.8 Å². The summed E-state index contributed by atoms with van der Waals surface area (Å²) >= 11 is 3.56. The summed E-state index contributed by atoms with van der Waals surface area (Å²) in [5.41, 5.74) is 6.73. The van der Waals surface area contributed by atoms with E-state index in [1.165, 1.54) is 5.56 Å². The molecule has 1 aromatic carbocycles. The quantitative estimate of drug-likeness (QED) is 0.787. The van der Waals surface area contributed by atoms with Gasteiger partial charge in [-0.3, -0.25) is 0 Å². The molecule has 96 valence electrons. The van der Waals surface area contributed by atoms with Crippen LogP contribution in [-0.2, 0) is 6.42 Å². The SMILES string of the molecule is COc1cc(Br)c(CCCCCN)cc1OC. The predicted molar refractivity (Wildman–Crippen MR) is 73.9 cm³/mol. The largest absolute Gasteiger partial charge is 0.493 e. The highest BCUT2D eigenvalue weighted by Crippen LogP contribution is 2.33. The lowest BCUT2D eigenvalue weighted by atomic mass is 10.1. The summed E-state index contributed by atoms with van der Waals surface area (Å²) in [6.07, 6.45) is 4.43. The fourth-order valence-corrected chi connectivity index (χ4v) is 2.25. The van der Waals surface area contributed by atoms with Crippen LogP contribution in [0.15, 0.2) is 16.6 Å². The molecule has 0 atom stereocenters. The highest BCUT2D eigenvalue weighted by molar-refractivity contribution is 9.10. The van der Waals surface area contributed by atoms with Gasteiger partial charge in [0.05, 0.1) is 14.2 Å². The number of rotatable bonds is 7. The molecule has 3 nitrogen and oxygen atoms in total. The van der Waals surface area contributed by atoms with E-state index in [-0.39, 0.29) is 0 Å². The topological polar surface area (TPSA) is 44.5 Å². The number of ether oxygens (including phenoxy) is 2. The van der Waals surface area contributed by atoms with E-state index in [9.17, 15) is 0 Å². The minimum Gasteiger partial charge on any atom is -0.493 e. The Morgan fingerprint density at radius 2 is 1.71 bits per heavy atom. The van der Waals surface area contributed by atoms with Crippen molar-refractivity contribution in [1.29, 1.82) is 0 Å².